The van der Waals surface area contributed by atoms with Crippen LogP contribution < -0.4 is 5.32 Å². The molecule has 0 fully saturated rings. The molecule has 1 unspecified atom stereocenters. The smallest absolute Gasteiger partial charge is 0.255 e. The molecule has 1 aromatic carbocycles. The van der Waals surface area contributed by atoms with Crippen molar-refractivity contribution in [2.24, 2.45) is 0 Å². The molecule has 0 saturated carbocycles. The minimum absolute atomic E-state index is 0.270. The van der Waals surface area contributed by atoms with Crippen LogP contribution in [0.1, 0.15) is 19.4 Å². The topological polar surface area (TPSA) is 78.3 Å². The molecular formula is C16H22N4O3. The summed E-state index contributed by atoms with van der Waals surface area (Å²) in [6.45, 7) is 5.67. The van der Waals surface area contributed by atoms with E-state index in [0.29, 0.717) is 26.4 Å². The average molecular weight is 318 g/mol. The van der Waals surface area contributed by atoms with E-state index in [0.717, 1.165) is 5.56 Å². The molecule has 1 N–H and O–H groups in total. The largest absolute Gasteiger partial charge is 0.379 e. The van der Waals surface area contributed by atoms with Crippen LogP contribution >= 0.6 is 0 Å². The molecule has 1 amide bonds. The van der Waals surface area contributed by atoms with Gasteiger partial charge in [-0.3, -0.25) is 10.1 Å². The van der Waals surface area contributed by atoms with E-state index in [-0.39, 0.29) is 11.9 Å². The number of nitrogens with one attached hydrogen (secondary N) is 1. The van der Waals surface area contributed by atoms with Crippen molar-refractivity contribution in [1.29, 1.82) is 0 Å². The zero-order valence-electron chi connectivity index (χ0n) is 13.4. The second-order valence-corrected chi connectivity index (χ2v) is 4.95. The number of amides is 1. The van der Waals surface area contributed by atoms with Crippen molar-refractivity contribution in [1.82, 2.24) is 14.8 Å². The van der Waals surface area contributed by atoms with Crippen molar-refractivity contribution >= 4 is 11.9 Å². The molecular weight excluding hydrogens is 296 g/mol. The zero-order valence-corrected chi connectivity index (χ0v) is 13.4. The van der Waals surface area contributed by atoms with Crippen molar-refractivity contribution in [3.63, 3.8) is 0 Å². The summed E-state index contributed by atoms with van der Waals surface area (Å²) >= 11 is 0. The highest BCUT2D eigenvalue weighted by molar-refractivity contribution is 5.92. The summed E-state index contributed by atoms with van der Waals surface area (Å²) in [4.78, 5) is 16.1. The Morgan fingerprint density at radius 1 is 1.30 bits per heavy atom. The predicted molar refractivity (Wildman–Crippen MR) is 86.1 cm³/mol. The molecule has 2 aromatic rings. The highest BCUT2D eigenvalue weighted by atomic mass is 16.5. The molecule has 23 heavy (non-hydrogen) atoms. The Morgan fingerprint density at radius 3 is 2.83 bits per heavy atom. The summed E-state index contributed by atoms with van der Waals surface area (Å²) in [6.07, 6.45) is 1.000. The Labute approximate surface area is 135 Å². The van der Waals surface area contributed by atoms with Gasteiger partial charge in [-0.15, -0.1) is 5.10 Å². The van der Waals surface area contributed by atoms with Crippen LogP contribution in [0.25, 0.3) is 0 Å². The Hall–Kier alpha value is -2.25. The molecule has 1 aromatic heterocycles. The quantitative estimate of drug-likeness (QED) is 0.712. The summed E-state index contributed by atoms with van der Waals surface area (Å²) in [5.74, 6) is -0.00912. The number of carbonyl (C=O) groups is 1. The molecule has 0 aliphatic carbocycles. The van der Waals surface area contributed by atoms with Crippen LogP contribution in [0.5, 0.6) is 0 Å². The van der Waals surface area contributed by atoms with E-state index in [1.807, 2.05) is 37.3 Å². The molecule has 2 rings (SSSR count). The van der Waals surface area contributed by atoms with Gasteiger partial charge in [0.2, 0.25) is 5.95 Å². The van der Waals surface area contributed by atoms with Gasteiger partial charge in [0.25, 0.3) is 5.91 Å². The van der Waals surface area contributed by atoms with Gasteiger partial charge in [-0.05, 0) is 19.4 Å². The molecule has 124 valence electrons. The second kappa shape index (κ2) is 9.02. The molecule has 7 nitrogen and oxygen atoms in total. The standard InChI is InChI=1S/C16H22N4O3/c1-3-22-9-10-23-13(2)15(21)18-16-17-12-20(19-16)11-14-7-5-4-6-8-14/h4-8,12-13H,3,9-11H2,1-2H3,(H,18,19,21). The number of anilines is 1. The number of ether oxygens (including phenoxy) is 2. The summed E-state index contributed by atoms with van der Waals surface area (Å²) in [6, 6.07) is 9.92. The maximum absolute atomic E-state index is 12.0. The van der Waals surface area contributed by atoms with Crippen molar-refractivity contribution in [2.75, 3.05) is 25.1 Å². The first-order chi connectivity index (χ1) is 11.2. The summed E-state index contributed by atoms with van der Waals surface area (Å²) in [5, 5.41) is 6.87. The molecule has 0 aliphatic heterocycles. The summed E-state index contributed by atoms with van der Waals surface area (Å²) < 4.78 is 12.2. The Balaban J connectivity index is 1.80. The van der Waals surface area contributed by atoms with E-state index in [9.17, 15) is 4.79 Å². The maximum Gasteiger partial charge on any atom is 0.255 e. The predicted octanol–water partition coefficient (Wildman–Crippen LogP) is 1.71. The molecule has 0 aliphatic rings. The van der Waals surface area contributed by atoms with E-state index in [4.69, 9.17) is 9.47 Å². The van der Waals surface area contributed by atoms with Crippen molar-refractivity contribution < 1.29 is 14.3 Å². The van der Waals surface area contributed by atoms with Crippen LogP contribution in [-0.2, 0) is 20.8 Å². The summed E-state index contributed by atoms with van der Waals surface area (Å²) in [5.41, 5.74) is 1.11. The van der Waals surface area contributed by atoms with Gasteiger partial charge in [0.15, 0.2) is 0 Å². The van der Waals surface area contributed by atoms with Crippen LogP contribution in [0.2, 0.25) is 0 Å². The lowest BCUT2D eigenvalue weighted by Crippen LogP contribution is -2.29. The fraction of sp³-hybridized carbons (Fsp3) is 0.438. The van der Waals surface area contributed by atoms with Gasteiger partial charge >= 0.3 is 0 Å². The maximum atomic E-state index is 12.0. The average Bonchev–Trinajstić information content (AvgIpc) is 2.99. The molecule has 0 spiro atoms. The van der Waals surface area contributed by atoms with Crippen LogP contribution in [0.3, 0.4) is 0 Å². The molecule has 0 bridgehead atoms. The van der Waals surface area contributed by atoms with E-state index in [1.54, 1.807) is 17.9 Å². The number of benzene rings is 1. The van der Waals surface area contributed by atoms with Gasteiger partial charge in [0, 0.05) is 6.61 Å². The molecule has 7 heteroatoms. The number of hydrogen-bond donors (Lipinski definition) is 1. The van der Waals surface area contributed by atoms with Crippen molar-refractivity contribution in [3.05, 3.63) is 42.2 Å². The SMILES string of the molecule is CCOCCOC(C)C(=O)Nc1ncn(Cc2ccccc2)n1. The lowest BCUT2D eigenvalue weighted by atomic mass is 10.2. The Kier molecular flexibility index (Phi) is 6.71. The highest BCUT2D eigenvalue weighted by Gasteiger charge is 2.15. The van der Waals surface area contributed by atoms with Gasteiger partial charge in [-0.25, -0.2) is 9.67 Å². The van der Waals surface area contributed by atoms with Crippen LogP contribution in [-0.4, -0.2) is 46.6 Å². The van der Waals surface area contributed by atoms with E-state index >= 15 is 0 Å². The first-order valence-corrected chi connectivity index (χ1v) is 7.62. The molecule has 0 radical (unpaired) electrons. The Bertz CT molecular complexity index is 600. The third-order valence-corrected chi connectivity index (χ3v) is 3.13. The number of nitrogens with zero attached hydrogens (tertiary/aromatic N) is 3. The first kappa shape index (κ1) is 17.1. The van der Waals surface area contributed by atoms with Crippen LogP contribution in [0, 0.1) is 0 Å². The normalized spacial score (nSPS) is 12.1. The van der Waals surface area contributed by atoms with Gasteiger partial charge < -0.3 is 9.47 Å². The molecule has 1 atom stereocenters. The van der Waals surface area contributed by atoms with Gasteiger partial charge in [0.05, 0.1) is 19.8 Å². The summed E-state index contributed by atoms with van der Waals surface area (Å²) in [7, 11) is 0. The molecule has 1 heterocycles. The van der Waals surface area contributed by atoms with Crippen LogP contribution in [0.15, 0.2) is 36.7 Å². The third kappa shape index (κ3) is 5.80. The van der Waals surface area contributed by atoms with E-state index in [1.165, 1.54) is 0 Å². The van der Waals surface area contributed by atoms with E-state index < -0.39 is 6.10 Å². The third-order valence-electron chi connectivity index (χ3n) is 3.13. The van der Waals surface area contributed by atoms with Crippen molar-refractivity contribution in [3.8, 4) is 0 Å². The fourth-order valence-electron chi connectivity index (χ4n) is 1.91. The van der Waals surface area contributed by atoms with Gasteiger partial charge in [0.1, 0.15) is 12.4 Å². The number of aromatic nitrogens is 3. The number of carbonyl (C=O) groups excluding carboxylic acids is 1. The minimum Gasteiger partial charge on any atom is -0.379 e. The lowest BCUT2D eigenvalue weighted by molar-refractivity contribution is -0.127. The lowest BCUT2D eigenvalue weighted by Gasteiger charge is -2.11. The van der Waals surface area contributed by atoms with Crippen molar-refractivity contribution in [2.45, 2.75) is 26.5 Å². The zero-order chi connectivity index (χ0) is 16.5. The minimum atomic E-state index is -0.587. The molecule has 0 saturated heterocycles. The highest BCUT2D eigenvalue weighted by Crippen LogP contribution is 2.04. The first-order valence-electron chi connectivity index (χ1n) is 7.62. The van der Waals surface area contributed by atoms with Gasteiger partial charge in [-0.2, -0.15) is 0 Å². The fourth-order valence-corrected chi connectivity index (χ4v) is 1.91. The monoisotopic (exact) mass is 318 g/mol. The Morgan fingerprint density at radius 2 is 2.09 bits per heavy atom. The number of rotatable bonds is 9. The van der Waals surface area contributed by atoms with Gasteiger partial charge in [-0.1, -0.05) is 30.3 Å². The second-order valence-electron chi connectivity index (χ2n) is 4.95. The number of hydrogen-bond acceptors (Lipinski definition) is 5. The van der Waals surface area contributed by atoms with Crippen LogP contribution in [0.4, 0.5) is 5.95 Å². The van der Waals surface area contributed by atoms with E-state index in [2.05, 4.69) is 15.4 Å².